The van der Waals surface area contributed by atoms with E-state index in [1.807, 2.05) is 0 Å². The third-order valence-corrected chi connectivity index (χ3v) is 13.8. The van der Waals surface area contributed by atoms with Gasteiger partial charge >= 0.3 is 17.9 Å². The molecule has 0 amide bonds. The van der Waals surface area contributed by atoms with E-state index >= 15 is 0 Å². The van der Waals surface area contributed by atoms with Gasteiger partial charge in [-0.25, -0.2) is 0 Å². The topological polar surface area (TPSA) is 78.9 Å². The van der Waals surface area contributed by atoms with Crippen molar-refractivity contribution in [2.75, 3.05) is 13.2 Å². The molecule has 0 aliphatic heterocycles. The van der Waals surface area contributed by atoms with Crippen LogP contribution in [0.25, 0.3) is 0 Å². The van der Waals surface area contributed by atoms with Gasteiger partial charge in [0.15, 0.2) is 6.10 Å². The first-order chi connectivity index (χ1) is 38.0. The molecule has 0 radical (unpaired) electrons. The van der Waals surface area contributed by atoms with E-state index in [0.717, 1.165) is 122 Å². The van der Waals surface area contributed by atoms with Crippen LogP contribution in [0.5, 0.6) is 0 Å². The summed E-state index contributed by atoms with van der Waals surface area (Å²) < 4.78 is 16.9. The van der Waals surface area contributed by atoms with E-state index in [0.29, 0.717) is 19.3 Å². The molecule has 0 aromatic heterocycles. The van der Waals surface area contributed by atoms with Crippen molar-refractivity contribution in [2.24, 2.45) is 0 Å². The van der Waals surface area contributed by atoms with Crippen LogP contribution >= 0.6 is 0 Å². The molecule has 0 bridgehead atoms. The fourth-order valence-corrected chi connectivity index (χ4v) is 8.92. The number of hydrogen-bond acceptors (Lipinski definition) is 6. The number of ether oxygens (including phenoxy) is 3. The zero-order chi connectivity index (χ0) is 55.7. The van der Waals surface area contributed by atoms with Crippen molar-refractivity contribution in [3.05, 3.63) is 109 Å². The molecule has 1 atom stereocenters. The maximum atomic E-state index is 12.9. The molecule has 0 aromatic carbocycles. The Hall–Kier alpha value is -3.93. The molecular formula is C71H120O6. The molecule has 77 heavy (non-hydrogen) atoms. The normalized spacial score (nSPS) is 12.8. The summed E-state index contributed by atoms with van der Waals surface area (Å²) in [6.07, 6.45) is 88.2. The largest absolute Gasteiger partial charge is 0.462 e. The van der Waals surface area contributed by atoms with Crippen LogP contribution in [-0.2, 0) is 28.6 Å². The Labute approximate surface area is 476 Å². The zero-order valence-electron chi connectivity index (χ0n) is 50.4. The first-order valence-corrected chi connectivity index (χ1v) is 32.4. The van der Waals surface area contributed by atoms with Gasteiger partial charge in [-0.15, -0.1) is 0 Å². The highest BCUT2D eigenvalue weighted by molar-refractivity contribution is 5.71. The average molecular weight is 1070 g/mol. The Bertz CT molecular complexity index is 1560. The van der Waals surface area contributed by atoms with E-state index in [4.69, 9.17) is 14.2 Å². The van der Waals surface area contributed by atoms with Crippen molar-refractivity contribution in [1.82, 2.24) is 0 Å². The molecule has 0 saturated heterocycles. The van der Waals surface area contributed by atoms with Gasteiger partial charge in [-0.1, -0.05) is 284 Å². The fourth-order valence-electron chi connectivity index (χ4n) is 8.92. The van der Waals surface area contributed by atoms with E-state index in [9.17, 15) is 14.4 Å². The highest BCUT2D eigenvalue weighted by Gasteiger charge is 2.19. The summed E-state index contributed by atoms with van der Waals surface area (Å²) in [6.45, 7) is 6.48. The van der Waals surface area contributed by atoms with Gasteiger partial charge in [0.1, 0.15) is 13.2 Å². The van der Waals surface area contributed by atoms with Crippen molar-refractivity contribution in [3.8, 4) is 0 Å². The van der Waals surface area contributed by atoms with Crippen LogP contribution < -0.4 is 0 Å². The van der Waals surface area contributed by atoms with Gasteiger partial charge in [0.2, 0.25) is 0 Å². The van der Waals surface area contributed by atoms with Crippen molar-refractivity contribution >= 4 is 17.9 Å². The lowest BCUT2D eigenvalue weighted by molar-refractivity contribution is -0.167. The number of hydrogen-bond donors (Lipinski definition) is 0. The predicted molar refractivity (Wildman–Crippen MR) is 334 cm³/mol. The number of allylic oxidation sites excluding steroid dienone is 18. The van der Waals surface area contributed by atoms with E-state index in [-0.39, 0.29) is 31.1 Å². The summed E-state index contributed by atoms with van der Waals surface area (Å²) in [7, 11) is 0. The van der Waals surface area contributed by atoms with E-state index in [1.54, 1.807) is 0 Å². The van der Waals surface area contributed by atoms with Gasteiger partial charge < -0.3 is 14.2 Å². The number of carbonyl (C=O) groups excluding carboxylic acids is 3. The second-order valence-electron chi connectivity index (χ2n) is 21.3. The molecule has 0 aliphatic carbocycles. The Kier molecular flexibility index (Phi) is 61.3. The molecule has 0 N–H and O–H groups in total. The second-order valence-corrected chi connectivity index (χ2v) is 21.3. The second kappa shape index (κ2) is 64.6. The van der Waals surface area contributed by atoms with E-state index < -0.39 is 6.10 Å². The Morgan fingerprint density at radius 2 is 0.506 bits per heavy atom. The van der Waals surface area contributed by atoms with Crippen molar-refractivity contribution in [1.29, 1.82) is 0 Å². The van der Waals surface area contributed by atoms with Crippen LogP contribution in [0.15, 0.2) is 109 Å². The minimum Gasteiger partial charge on any atom is -0.462 e. The molecule has 6 nitrogen and oxygen atoms in total. The minimum atomic E-state index is -0.785. The summed E-state index contributed by atoms with van der Waals surface area (Å²) in [6, 6.07) is 0. The van der Waals surface area contributed by atoms with Crippen LogP contribution in [0, 0.1) is 0 Å². The molecular weight excluding hydrogens is 949 g/mol. The average Bonchev–Trinajstić information content (AvgIpc) is 3.43. The summed E-state index contributed by atoms with van der Waals surface area (Å²) in [4.78, 5) is 38.2. The maximum absolute atomic E-state index is 12.9. The van der Waals surface area contributed by atoms with Crippen LogP contribution in [0.3, 0.4) is 0 Å². The highest BCUT2D eigenvalue weighted by atomic mass is 16.6. The summed E-state index contributed by atoms with van der Waals surface area (Å²) in [5.41, 5.74) is 0. The van der Waals surface area contributed by atoms with Crippen LogP contribution in [0.1, 0.15) is 303 Å². The number of carbonyl (C=O) groups is 3. The van der Waals surface area contributed by atoms with Gasteiger partial charge in [-0.05, 0) is 109 Å². The van der Waals surface area contributed by atoms with Gasteiger partial charge in [0, 0.05) is 19.3 Å². The molecule has 0 spiro atoms. The quantitative estimate of drug-likeness (QED) is 0.0261. The number of esters is 3. The zero-order valence-corrected chi connectivity index (χ0v) is 50.4. The summed E-state index contributed by atoms with van der Waals surface area (Å²) >= 11 is 0. The lowest BCUT2D eigenvalue weighted by atomic mass is 10.0. The summed E-state index contributed by atoms with van der Waals surface area (Å²) in [5.74, 6) is -0.892. The molecule has 1 unspecified atom stereocenters. The molecule has 0 rings (SSSR count). The first kappa shape index (κ1) is 73.1. The Morgan fingerprint density at radius 3 is 0.818 bits per heavy atom. The lowest BCUT2D eigenvalue weighted by Gasteiger charge is -2.18. The maximum Gasteiger partial charge on any atom is 0.306 e. The van der Waals surface area contributed by atoms with Crippen LogP contribution in [0.2, 0.25) is 0 Å². The van der Waals surface area contributed by atoms with Crippen LogP contribution in [-0.4, -0.2) is 37.2 Å². The third kappa shape index (κ3) is 62.8. The molecule has 0 heterocycles. The SMILES string of the molecule is CC/C=C\C/C=C\C/C=C\C/C=C\C/C=C\C/C=C\CCCCCCCCCCCCCCC(=O)OCC(COC(=O)CCCCCCCCCCC)OC(=O)CCCCCCCC/C=C\C/C=C\C/C=C\CCCCC. The van der Waals surface area contributed by atoms with Crippen molar-refractivity contribution in [2.45, 2.75) is 309 Å². The molecule has 6 heteroatoms. The third-order valence-electron chi connectivity index (χ3n) is 13.8. The molecule has 0 aliphatic rings. The van der Waals surface area contributed by atoms with Gasteiger partial charge in [0.25, 0.3) is 0 Å². The van der Waals surface area contributed by atoms with E-state index in [1.165, 1.54) is 141 Å². The van der Waals surface area contributed by atoms with Gasteiger partial charge in [-0.2, -0.15) is 0 Å². The molecule has 0 saturated carbocycles. The van der Waals surface area contributed by atoms with Gasteiger partial charge in [-0.3, -0.25) is 14.4 Å². The molecule has 0 fully saturated rings. The standard InChI is InChI=1S/C71H120O6/c1-4-7-10-13-16-19-21-23-25-27-29-30-31-32-33-34-35-36-37-38-39-40-42-43-45-47-49-52-55-58-61-64-70(73)76-67-68(66-75-69(72)63-60-57-54-51-18-15-12-9-6-3)77-71(74)65-62-59-56-53-50-48-46-44-41-28-26-24-22-20-17-14-11-8-5-2/h7,10,16-17,19-20,23-26,29-30,32-33,35-36,41,44,68H,4-6,8-9,11-15,18,21-22,27-28,31,34,37-40,42-43,45-67H2,1-3H3/b10-7-,19-16-,20-17-,25-23-,26-24-,30-29-,33-32-,36-35-,44-41-. The van der Waals surface area contributed by atoms with E-state index in [2.05, 4.69) is 130 Å². The Morgan fingerprint density at radius 1 is 0.273 bits per heavy atom. The highest BCUT2D eigenvalue weighted by Crippen LogP contribution is 2.16. The minimum absolute atomic E-state index is 0.0817. The molecule has 0 aromatic rings. The first-order valence-electron chi connectivity index (χ1n) is 32.4. The lowest BCUT2D eigenvalue weighted by Crippen LogP contribution is -2.30. The Balaban J connectivity index is 4.19. The van der Waals surface area contributed by atoms with Crippen molar-refractivity contribution < 1.29 is 28.6 Å². The fraction of sp³-hybridized carbons (Fsp3) is 0.704. The van der Waals surface area contributed by atoms with Gasteiger partial charge in [0.05, 0.1) is 0 Å². The summed E-state index contributed by atoms with van der Waals surface area (Å²) in [5, 5.41) is 0. The number of unbranched alkanes of at least 4 members (excludes halogenated alkanes) is 29. The van der Waals surface area contributed by atoms with Crippen LogP contribution in [0.4, 0.5) is 0 Å². The van der Waals surface area contributed by atoms with Crippen molar-refractivity contribution in [3.63, 3.8) is 0 Å². The molecule has 440 valence electrons. The smallest absolute Gasteiger partial charge is 0.306 e. The predicted octanol–water partition coefficient (Wildman–Crippen LogP) is 22.2. The number of rotatable bonds is 58. The monoisotopic (exact) mass is 1070 g/mol.